The zero-order chi connectivity index (χ0) is 18.0. The molecule has 9 heteroatoms. The molecule has 7 nitrogen and oxygen atoms in total. The number of nitrogens with zero attached hydrogens (tertiary/aromatic N) is 2. The van der Waals surface area contributed by atoms with Crippen molar-refractivity contribution in [1.29, 1.82) is 0 Å². The molecule has 1 aromatic rings. The van der Waals surface area contributed by atoms with Crippen molar-refractivity contribution in [2.24, 2.45) is 0 Å². The van der Waals surface area contributed by atoms with Crippen molar-refractivity contribution in [2.75, 3.05) is 40.3 Å². The highest BCUT2D eigenvalue weighted by molar-refractivity contribution is 7.89. The molecule has 2 heterocycles. The van der Waals surface area contributed by atoms with Gasteiger partial charge in [0.25, 0.3) is 5.91 Å². The summed E-state index contributed by atoms with van der Waals surface area (Å²) in [4.78, 5) is 14.5. The molecule has 3 rings (SSSR count). The van der Waals surface area contributed by atoms with Crippen LogP contribution in [0.2, 0.25) is 0 Å². The monoisotopic (exact) mass is 403 g/mol. The standard InChI is InChI=1S/C17H25N3O4S.ClH/c1-19(14-7-8-18-12-14)17(21)13-5-6-15(24-2)16(11-13)25(22,23)20-9-3-4-10-20;/h5-6,11,14,18H,3-4,7-10,12H2,1-2H3;1H. The quantitative estimate of drug-likeness (QED) is 0.802. The van der Waals surface area contributed by atoms with E-state index < -0.39 is 10.0 Å². The number of carbonyl (C=O) groups excluding carboxylic acids is 1. The van der Waals surface area contributed by atoms with Crippen molar-refractivity contribution in [1.82, 2.24) is 14.5 Å². The van der Waals surface area contributed by atoms with Gasteiger partial charge in [-0.2, -0.15) is 4.31 Å². The van der Waals surface area contributed by atoms with Crippen molar-refractivity contribution < 1.29 is 17.9 Å². The molecule has 0 aromatic heterocycles. The van der Waals surface area contributed by atoms with E-state index in [2.05, 4.69) is 5.32 Å². The lowest BCUT2D eigenvalue weighted by Gasteiger charge is -2.24. The number of nitrogens with one attached hydrogen (secondary N) is 1. The molecule has 0 saturated carbocycles. The van der Waals surface area contributed by atoms with Gasteiger partial charge >= 0.3 is 0 Å². The van der Waals surface area contributed by atoms with Gasteiger partial charge < -0.3 is 15.0 Å². The summed E-state index contributed by atoms with van der Waals surface area (Å²) in [6, 6.07) is 4.78. The number of halogens is 1. The molecule has 2 aliphatic rings. The van der Waals surface area contributed by atoms with E-state index in [0.717, 1.165) is 32.4 Å². The molecule has 1 amide bonds. The van der Waals surface area contributed by atoms with Gasteiger partial charge in [0.05, 0.1) is 7.11 Å². The van der Waals surface area contributed by atoms with Crippen LogP contribution in [0.25, 0.3) is 0 Å². The van der Waals surface area contributed by atoms with Crippen molar-refractivity contribution >= 4 is 28.3 Å². The van der Waals surface area contributed by atoms with E-state index in [-0.39, 0.29) is 35.0 Å². The van der Waals surface area contributed by atoms with E-state index in [1.807, 2.05) is 0 Å². The van der Waals surface area contributed by atoms with Gasteiger partial charge in [-0.25, -0.2) is 8.42 Å². The van der Waals surface area contributed by atoms with E-state index in [0.29, 0.717) is 18.7 Å². The fourth-order valence-electron chi connectivity index (χ4n) is 3.42. The number of hydrogen-bond donors (Lipinski definition) is 1. The molecule has 26 heavy (non-hydrogen) atoms. The Bertz CT molecular complexity index is 744. The highest BCUT2D eigenvalue weighted by Gasteiger charge is 2.31. The van der Waals surface area contributed by atoms with Gasteiger partial charge in [-0.15, -0.1) is 12.4 Å². The zero-order valence-corrected chi connectivity index (χ0v) is 16.7. The van der Waals surface area contributed by atoms with Crippen molar-refractivity contribution in [3.63, 3.8) is 0 Å². The molecule has 0 aliphatic carbocycles. The maximum absolute atomic E-state index is 12.9. The maximum Gasteiger partial charge on any atom is 0.253 e. The fourth-order valence-corrected chi connectivity index (χ4v) is 5.12. The Morgan fingerprint density at radius 2 is 2.00 bits per heavy atom. The number of methoxy groups -OCH3 is 1. The number of benzene rings is 1. The number of rotatable bonds is 5. The Morgan fingerprint density at radius 1 is 1.31 bits per heavy atom. The molecule has 1 aromatic carbocycles. The van der Waals surface area contributed by atoms with Crippen LogP contribution in [-0.2, 0) is 10.0 Å². The molecule has 1 unspecified atom stereocenters. The largest absolute Gasteiger partial charge is 0.495 e. The summed E-state index contributed by atoms with van der Waals surface area (Å²) >= 11 is 0. The van der Waals surface area contributed by atoms with Crippen LogP contribution in [0.1, 0.15) is 29.6 Å². The first-order chi connectivity index (χ1) is 11.9. The third-order valence-electron chi connectivity index (χ3n) is 5.00. The summed E-state index contributed by atoms with van der Waals surface area (Å²) in [5.41, 5.74) is 0.368. The molecular formula is C17H26ClN3O4S. The van der Waals surface area contributed by atoms with Crippen LogP contribution in [0, 0.1) is 0 Å². The number of amides is 1. The van der Waals surface area contributed by atoms with Crippen molar-refractivity contribution in [3.8, 4) is 5.75 Å². The molecule has 0 radical (unpaired) electrons. The highest BCUT2D eigenvalue weighted by Crippen LogP contribution is 2.30. The van der Waals surface area contributed by atoms with Gasteiger partial charge in [0.15, 0.2) is 0 Å². The third-order valence-corrected chi connectivity index (χ3v) is 6.92. The number of carbonyl (C=O) groups is 1. The highest BCUT2D eigenvalue weighted by atomic mass is 35.5. The number of hydrogen-bond acceptors (Lipinski definition) is 5. The van der Waals surface area contributed by atoms with Crippen molar-refractivity contribution in [2.45, 2.75) is 30.2 Å². The molecule has 2 aliphatic heterocycles. The van der Waals surface area contributed by atoms with E-state index in [4.69, 9.17) is 4.74 Å². The van der Waals surface area contributed by atoms with Gasteiger partial charge in [-0.1, -0.05) is 0 Å². The Balaban J connectivity index is 0.00000243. The van der Waals surface area contributed by atoms with Crippen LogP contribution in [-0.4, -0.2) is 69.9 Å². The fraction of sp³-hybridized carbons (Fsp3) is 0.588. The predicted molar refractivity (Wildman–Crippen MR) is 102 cm³/mol. The number of sulfonamides is 1. The van der Waals surface area contributed by atoms with Gasteiger partial charge in [0.2, 0.25) is 10.0 Å². The smallest absolute Gasteiger partial charge is 0.253 e. The van der Waals surface area contributed by atoms with Gasteiger partial charge in [-0.3, -0.25) is 4.79 Å². The molecule has 0 spiro atoms. The first-order valence-corrected chi connectivity index (χ1v) is 10.0. The molecule has 2 saturated heterocycles. The zero-order valence-electron chi connectivity index (χ0n) is 15.1. The topological polar surface area (TPSA) is 79.0 Å². The minimum Gasteiger partial charge on any atom is -0.495 e. The predicted octanol–water partition coefficient (Wildman–Crippen LogP) is 1.34. The van der Waals surface area contributed by atoms with E-state index in [1.165, 1.54) is 17.5 Å². The van der Waals surface area contributed by atoms with Gasteiger partial charge in [0, 0.05) is 38.3 Å². The van der Waals surface area contributed by atoms with Crippen LogP contribution in [0.4, 0.5) is 0 Å². The summed E-state index contributed by atoms with van der Waals surface area (Å²) in [5.74, 6) is 0.0999. The van der Waals surface area contributed by atoms with Crippen molar-refractivity contribution in [3.05, 3.63) is 23.8 Å². The Morgan fingerprint density at radius 3 is 2.58 bits per heavy atom. The molecule has 0 bridgehead atoms. The maximum atomic E-state index is 12.9. The molecule has 1 N–H and O–H groups in total. The summed E-state index contributed by atoms with van der Waals surface area (Å²) < 4.78 is 32.6. The Hall–Kier alpha value is -1.35. The molecule has 2 fully saturated rings. The number of ether oxygens (including phenoxy) is 1. The first kappa shape index (κ1) is 21.0. The third kappa shape index (κ3) is 3.98. The van der Waals surface area contributed by atoms with E-state index >= 15 is 0 Å². The SMILES string of the molecule is COc1ccc(C(=O)N(C)C2CCNC2)cc1S(=O)(=O)N1CCCC1.Cl. The Labute approximate surface area is 161 Å². The molecule has 1 atom stereocenters. The summed E-state index contributed by atoms with van der Waals surface area (Å²) in [6.07, 6.45) is 2.62. The lowest BCUT2D eigenvalue weighted by Crippen LogP contribution is -2.38. The normalized spacial score (nSPS) is 20.6. The second-order valence-electron chi connectivity index (χ2n) is 6.54. The lowest BCUT2D eigenvalue weighted by molar-refractivity contribution is 0.0743. The second-order valence-corrected chi connectivity index (χ2v) is 8.45. The van der Waals surface area contributed by atoms with Gasteiger partial charge in [-0.05, 0) is 44.0 Å². The summed E-state index contributed by atoms with van der Waals surface area (Å²) in [5, 5.41) is 3.23. The van der Waals surface area contributed by atoms with Crippen LogP contribution in [0.3, 0.4) is 0 Å². The Kier molecular flexibility index (Phi) is 6.90. The second kappa shape index (κ2) is 8.56. The van der Waals surface area contributed by atoms with Crippen LogP contribution in [0.5, 0.6) is 5.75 Å². The average Bonchev–Trinajstić information content (AvgIpc) is 3.33. The van der Waals surface area contributed by atoms with Crippen LogP contribution < -0.4 is 10.1 Å². The summed E-state index contributed by atoms with van der Waals surface area (Å²) in [7, 11) is -0.454. The average molecular weight is 404 g/mol. The van der Waals surface area contributed by atoms with E-state index in [1.54, 1.807) is 24.1 Å². The minimum absolute atomic E-state index is 0. The van der Waals surface area contributed by atoms with Crippen LogP contribution >= 0.6 is 12.4 Å². The first-order valence-electron chi connectivity index (χ1n) is 8.61. The lowest BCUT2D eigenvalue weighted by atomic mass is 10.1. The van der Waals surface area contributed by atoms with E-state index in [9.17, 15) is 13.2 Å². The molecule has 146 valence electrons. The van der Waals surface area contributed by atoms with Gasteiger partial charge in [0.1, 0.15) is 10.6 Å². The number of likely N-dealkylation sites (N-methyl/N-ethyl adjacent to an activating group) is 1. The molecular weight excluding hydrogens is 378 g/mol. The minimum atomic E-state index is -3.66. The summed E-state index contributed by atoms with van der Waals surface area (Å²) in [6.45, 7) is 2.67. The van der Waals surface area contributed by atoms with Crippen LogP contribution in [0.15, 0.2) is 23.1 Å².